The number of benzene rings is 1. The molecule has 2 rings (SSSR count). The maximum Gasteiger partial charge on any atom is 0.335 e. The summed E-state index contributed by atoms with van der Waals surface area (Å²) < 4.78 is 2.08. The Kier molecular flexibility index (Phi) is 4.14. The van der Waals surface area contributed by atoms with Gasteiger partial charge in [-0.15, -0.1) is 0 Å². The molecule has 0 amide bonds. The van der Waals surface area contributed by atoms with E-state index < -0.39 is 5.97 Å². The zero-order chi connectivity index (χ0) is 16.7. The number of fused-ring (bicyclic) bond motifs is 1. The number of Topliss-reactive ketones (excluding diaryl/α,β-unsaturated/α-hetero) is 1. The summed E-state index contributed by atoms with van der Waals surface area (Å²) in [6.07, 6.45) is 2.81. The van der Waals surface area contributed by atoms with E-state index in [-0.39, 0.29) is 16.8 Å². The van der Waals surface area contributed by atoms with Gasteiger partial charge in [-0.3, -0.25) is 4.79 Å². The second-order valence-electron chi connectivity index (χ2n) is 6.77. The largest absolute Gasteiger partial charge is 0.478 e. The highest BCUT2D eigenvalue weighted by molar-refractivity contribution is 6.09. The van der Waals surface area contributed by atoms with Crippen LogP contribution in [0.3, 0.4) is 0 Å². The molecule has 0 bridgehead atoms. The summed E-state index contributed by atoms with van der Waals surface area (Å²) in [6.45, 7) is 10.6. The minimum absolute atomic E-state index is 0.0396. The second kappa shape index (κ2) is 5.59. The number of nitrogens with zero attached hydrogens (tertiary/aromatic N) is 1. The molecule has 22 heavy (non-hydrogen) atoms. The van der Waals surface area contributed by atoms with Crippen molar-refractivity contribution in [3.63, 3.8) is 0 Å². The fourth-order valence-electron chi connectivity index (χ4n) is 2.83. The lowest BCUT2D eigenvalue weighted by atomic mass is 9.84. The average Bonchev–Trinajstić information content (AvgIpc) is 2.76. The molecule has 4 heteroatoms. The van der Waals surface area contributed by atoms with Gasteiger partial charge in [0.05, 0.1) is 11.1 Å². The smallest absolute Gasteiger partial charge is 0.335 e. The van der Waals surface area contributed by atoms with Crippen LogP contribution in [0.15, 0.2) is 18.3 Å². The Hall–Kier alpha value is -2.10. The van der Waals surface area contributed by atoms with Crippen LogP contribution < -0.4 is 0 Å². The van der Waals surface area contributed by atoms with E-state index in [2.05, 4.69) is 32.3 Å². The van der Waals surface area contributed by atoms with E-state index in [1.807, 2.05) is 6.20 Å². The van der Waals surface area contributed by atoms with Crippen molar-refractivity contribution in [2.75, 3.05) is 0 Å². The molecule has 1 aromatic heterocycles. The van der Waals surface area contributed by atoms with E-state index in [1.165, 1.54) is 6.92 Å². The van der Waals surface area contributed by atoms with Crippen molar-refractivity contribution in [3.8, 4) is 0 Å². The minimum Gasteiger partial charge on any atom is -0.478 e. The van der Waals surface area contributed by atoms with Crippen LogP contribution in [0.5, 0.6) is 0 Å². The molecule has 0 fully saturated rings. The number of aromatic carboxylic acids is 1. The molecular formula is C18H23NO3. The summed E-state index contributed by atoms with van der Waals surface area (Å²) in [7, 11) is 0. The molecule has 4 nitrogen and oxygen atoms in total. The number of hydrogen-bond acceptors (Lipinski definition) is 2. The van der Waals surface area contributed by atoms with E-state index >= 15 is 0 Å². The molecule has 1 aromatic carbocycles. The van der Waals surface area contributed by atoms with Crippen LogP contribution >= 0.6 is 0 Å². The van der Waals surface area contributed by atoms with Gasteiger partial charge in [-0.25, -0.2) is 4.79 Å². The van der Waals surface area contributed by atoms with E-state index in [9.17, 15) is 14.7 Å². The van der Waals surface area contributed by atoms with Crippen LogP contribution in [0, 0.1) is 0 Å². The molecule has 0 saturated carbocycles. The summed E-state index contributed by atoms with van der Waals surface area (Å²) in [6, 6.07) is 3.36. The first-order valence-electron chi connectivity index (χ1n) is 7.58. The van der Waals surface area contributed by atoms with Crippen molar-refractivity contribution in [1.29, 1.82) is 0 Å². The molecular weight excluding hydrogens is 278 g/mol. The minimum atomic E-state index is -0.967. The van der Waals surface area contributed by atoms with Gasteiger partial charge in [0.2, 0.25) is 0 Å². The van der Waals surface area contributed by atoms with Crippen LogP contribution in [0.2, 0.25) is 0 Å². The van der Waals surface area contributed by atoms with Gasteiger partial charge in [-0.05, 0) is 36.5 Å². The fraction of sp³-hybridized carbons (Fsp3) is 0.444. The van der Waals surface area contributed by atoms with Gasteiger partial charge in [-0.2, -0.15) is 0 Å². The molecule has 0 saturated heterocycles. The Balaban J connectivity index is 2.95. The topological polar surface area (TPSA) is 59.3 Å². The number of rotatable bonds is 4. The van der Waals surface area contributed by atoms with Crippen molar-refractivity contribution >= 4 is 22.7 Å². The van der Waals surface area contributed by atoms with Crippen molar-refractivity contribution < 1.29 is 14.7 Å². The molecule has 0 aliphatic carbocycles. The normalized spacial score (nSPS) is 11.9. The van der Waals surface area contributed by atoms with Gasteiger partial charge in [0.1, 0.15) is 0 Å². The number of carboxylic acids is 1. The lowest BCUT2D eigenvalue weighted by molar-refractivity contribution is 0.0696. The molecule has 118 valence electrons. The van der Waals surface area contributed by atoms with E-state index in [1.54, 1.807) is 12.1 Å². The number of hydrogen-bond donors (Lipinski definition) is 1. The maximum atomic E-state index is 12.0. The first-order chi connectivity index (χ1) is 10.2. The van der Waals surface area contributed by atoms with Gasteiger partial charge >= 0.3 is 5.97 Å². The van der Waals surface area contributed by atoms with Gasteiger partial charge in [0.25, 0.3) is 0 Å². The van der Waals surface area contributed by atoms with Crippen molar-refractivity contribution in [3.05, 3.63) is 35.0 Å². The van der Waals surface area contributed by atoms with Crippen LogP contribution in [0.4, 0.5) is 0 Å². The number of aromatic nitrogens is 1. The fourth-order valence-corrected chi connectivity index (χ4v) is 2.83. The Bertz CT molecular complexity index is 748. The monoisotopic (exact) mass is 301 g/mol. The maximum absolute atomic E-state index is 12.0. The Morgan fingerprint density at radius 2 is 1.86 bits per heavy atom. The van der Waals surface area contributed by atoms with Crippen molar-refractivity contribution in [1.82, 2.24) is 4.57 Å². The quantitative estimate of drug-likeness (QED) is 0.859. The molecule has 1 N–H and O–H groups in total. The Morgan fingerprint density at radius 1 is 1.23 bits per heavy atom. The van der Waals surface area contributed by atoms with Crippen molar-refractivity contribution in [2.24, 2.45) is 0 Å². The molecule has 0 unspecified atom stereocenters. The van der Waals surface area contributed by atoms with E-state index in [0.717, 1.165) is 29.4 Å². The third kappa shape index (κ3) is 2.78. The standard InChI is InChI=1S/C18H23NO3/c1-6-7-19-10-14(11(2)20)13-8-12(17(21)22)9-15(16(13)19)18(3,4)5/h8-10H,6-7H2,1-5H3,(H,21,22). The van der Waals surface area contributed by atoms with Crippen LogP contribution in [0.1, 0.15) is 67.3 Å². The Morgan fingerprint density at radius 3 is 2.32 bits per heavy atom. The summed E-state index contributed by atoms with van der Waals surface area (Å²) in [5.41, 5.74) is 2.56. The zero-order valence-electron chi connectivity index (χ0n) is 13.9. The molecule has 0 aliphatic heterocycles. The van der Waals surface area contributed by atoms with Gasteiger partial charge in [0, 0.05) is 23.7 Å². The van der Waals surface area contributed by atoms with Crippen LogP contribution in [-0.2, 0) is 12.0 Å². The van der Waals surface area contributed by atoms with Gasteiger partial charge < -0.3 is 9.67 Å². The van der Waals surface area contributed by atoms with E-state index in [4.69, 9.17) is 0 Å². The molecule has 0 radical (unpaired) electrons. The predicted molar refractivity (Wildman–Crippen MR) is 87.9 cm³/mol. The molecule has 1 heterocycles. The number of carbonyl (C=O) groups is 2. The van der Waals surface area contributed by atoms with Gasteiger partial charge in [0.15, 0.2) is 5.78 Å². The molecule has 0 atom stereocenters. The highest BCUT2D eigenvalue weighted by atomic mass is 16.4. The summed E-state index contributed by atoms with van der Waals surface area (Å²) >= 11 is 0. The lowest BCUT2D eigenvalue weighted by Gasteiger charge is -2.22. The SMILES string of the molecule is CCCn1cc(C(C)=O)c2cc(C(=O)O)cc(C(C)(C)C)c21. The third-order valence-corrected chi connectivity index (χ3v) is 3.87. The predicted octanol–water partition coefficient (Wildman–Crippen LogP) is 4.25. The highest BCUT2D eigenvalue weighted by Gasteiger charge is 2.24. The summed E-state index contributed by atoms with van der Waals surface area (Å²) in [5, 5.41) is 10.1. The number of aryl methyl sites for hydroxylation is 1. The number of carboxylic acid groups (broad SMARTS) is 1. The van der Waals surface area contributed by atoms with Crippen LogP contribution in [-0.4, -0.2) is 21.4 Å². The molecule has 0 aliphatic rings. The third-order valence-electron chi connectivity index (χ3n) is 3.87. The average molecular weight is 301 g/mol. The van der Waals surface area contributed by atoms with Gasteiger partial charge in [-0.1, -0.05) is 27.7 Å². The summed E-state index contributed by atoms with van der Waals surface area (Å²) in [5.74, 6) is -1.01. The van der Waals surface area contributed by atoms with E-state index in [0.29, 0.717) is 5.56 Å². The second-order valence-corrected chi connectivity index (χ2v) is 6.77. The van der Waals surface area contributed by atoms with Crippen molar-refractivity contribution in [2.45, 2.75) is 53.0 Å². The van der Waals surface area contributed by atoms with Crippen LogP contribution in [0.25, 0.3) is 10.9 Å². The Labute approximate surface area is 130 Å². The number of carbonyl (C=O) groups excluding carboxylic acids is 1. The first kappa shape index (κ1) is 16.3. The lowest BCUT2D eigenvalue weighted by Crippen LogP contribution is -2.15. The highest BCUT2D eigenvalue weighted by Crippen LogP contribution is 2.34. The molecule has 0 spiro atoms. The summed E-state index contributed by atoms with van der Waals surface area (Å²) in [4.78, 5) is 23.4. The number of ketones is 1. The molecule has 2 aromatic rings. The zero-order valence-corrected chi connectivity index (χ0v) is 13.9. The first-order valence-corrected chi connectivity index (χ1v) is 7.58.